The van der Waals surface area contributed by atoms with Gasteiger partial charge in [-0.25, -0.2) is 0 Å². The fourth-order valence-electron chi connectivity index (χ4n) is 1.11. The van der Waals surface area contributed by atoms with Gasteiger partial charge in [0.15, 0.2) is 0 Å². The Kier molecular flexibility index (Phi) is 4.91. The highest BCUT2D eigenvalue weighted by Gasteiger charge is 2.06. The minimum absolute atomic E-state index is 0.248. The highest BCUT2D eigenvalue weighted by molar-refractivity contribution is 7.84. The molecule has 0 aliphatic rings. The zero-order valence-corrected chi connectivity index (χ0v) is 10.1. The number of amides is 1. The molecule has 1 heterocycles. The largest absolute Gasteiger partial charge is 0.388 e. The van der Waals surface area contributed by atoms with Crippen LogP contribution in [0.1, 0.15) is 10.5 Å². The Morgan fingerprint density at radius 3 is 2.94 bits per heavy atom. The molecule has 0 aliphatic carbocycles. The van der Waals surface area contributed by atoms with Gasteiger partial charge in [-0.2, -0.15) is 0 Å². The lowest BCUT2D eigenvalue weighted by molar-refractivity contribution is 0.0951. The summed E-state index contributed by atoms with van der Waals surface area (Å²) in [5, 5.41) is 5.59. The molecular formula is C10H15N3O2S. The van der Waals surface area contributed by atoms with Gasteiger partial charge >= 0.3 is 0 Å². The van der Waals surface area contributed by atoms with Crippen molar-refractivity contribution >= 4 is 22.4 Å². The van der Waals surface area contributed by atoms with Gasteiger partial charge in [-0.05, 0) is 12.1 Å². The van der Waals surface area contributed by atoms with Crippen molar-refractivity contribution in [2.45, 2.75) is 0 Å². The van der Waals surface area contributed by atoms with Crippen LogP contribution in [0.3, 0.4) is 0 Å². The lowest BCUT2D eigenvalue weighted by Gasteiger charge is -2.05. The summed E-state index contributed by atoms with van der Waals surface area (Å²) in [7, 11) is 0.883. The van der Waals surface area contributed by atoms with Crippen molar-refractivity contribution in [3.63, 3.8) is 0 Å². The molecule has 16 heavy (non-hydrogen) atoms. The topological polar surface area (TPSA) is 71.1 Å². The first-order chi connectivity index (χ1) is 7.63. The zero-order chi connectivity index (χ0) is 12.0. The van der Waals surface area contributed by atoms with Gasteiger partial charge in [-0.3, -0.25) is 14.0 Å². The average Bonchev–Trinajstić information content (AvgIpc) is 2.28. The molecule has 1 unspecified atom stereocenters. The van der Waals surface area contributed by atoms with Gasteiger partial charge in [0.25, 0.3) is 5.91 Å². The van der Waals surface area contributed by atoms with E-state index >= 15 is 0 Å². The number of nitrogens with one attached hydrogen (secondary N) is 2. The molecule has 0 fully saturated rings. The number of carbonyl (C=O) groups is 1. The second kappa shape index (κ2) is 6.22. The predicted molar refractivity (Wildman–Crippen MR) is 65.1 cm³/mol. The van der Waals surface area contributed by atoms with Gasteiger partial charge in [0.2, 0.25) is 0 Å². The Balaban J connectivity index is 2.55. The molecule has 88 valence electrons. The normalized spacial score (nSPS) is 11.9. The van der Waals surface area contributed by atoms with E-state index in [1.165, 1.54) is 0 Å². The van der Waals surface area contributed by atoms with Gasteiger partial charge in [-0.15, -0.1) is 0 Å². The van der Waals surface area contributed by atoms with E-state index < -0.39 is 10.8 Å². The summed E-state index contributed by atoms with van der Waals surface area (Å²) in [5.41, 5.74) is 1.19. The standard InChI is InChI=1S/C10H15N3O2S/c1-11-8-3-4-12-9(7-8)10(14)13-5-6-16(2)15/h3-4,7H,5-6H2,1-2H3,(H,11,12)(H,13,14). The van der Waals surface area contributed by atoms with Gasteiger partial charge < -0.3 is 10.6 Å². The van der Waals surface area contributed by atoms with Gasteiger partial charge in [-0.1, -0.05) is 0 Å². The lowest BCUT2D eigenvalue weighted by Crippen LogP contribution is -2.28. The Morgan fingerprint density at radius 2 is 2.31 bits per heavy atom. The molecule has 0 aromatic carbocycles. The third-order valence-electron chi connectivity index (χ3n) is 1.96. The first-order valence-electron chi connectivity index (χ1n) is 4.85. The van der Waals surface area contributed by atoms with Crippen LogP contribution in [0.5, 0.6) is 0 Å². The van der Waals surface area contributed by atoms with E-state index in [1.54, 1.807) is 31.6 Å². The summed E-state index contributed by atoms with van der Waals surface area (Å²) in [6.07, 6.45) is 3.17. The summed E-state index contributed by atoms with van der Waals surface area (Å²) in [6, 6.07) is 3.44. The van der Waals surface area contributed by atoms with Crippen LogP contribution >= 0.6 is 0 Å². The molecular weight excluding hydrogens is 226 g/mol. The molecule has 1 aromatic heterocycles. The van der Waals surface area contributed by atoms with Gasteiger partial charge in [0, 0.05) is 48.3 Å². The fourth-order valence-corrected chi connectivity index (χ4v) is 1.50. The third kappa shape index (κ3) is 3.98. The van der Waals surface area contributed by atoms with Crippen LogP contribution < -0.4 is 10.6 Å². The van der Waals surface area contributed by atoms with Crippen LogP contribution in [0.4, 0.5) is 5.69 Å². The lowest BCUT2D eigenvalue weighted by atomic mass is 10.3. The van der Waals surface area contributed by atoms with E-state index in [0.717, 1.165) is 5.69 Å². The number of nitrogens with zero attached hydrogens (tertiary/aromatic N) is 1. The summed E-state index contributed by atoms with van der Waals surface area (Å²) >= 11 is 0. The van der Waals surface area contributed by atoms with Crippen molar-refractivity contribution < 1.29 is 9.00 Å². The first-order valence-corrected chi connectivity index (χ1v) is 6.58. The summed E-state index contributed by atoms with van der Waals surface area (Å²) < 4.78 is 10.8. The Labute approximate surface area is 97.1 Å². The van der Waals surface area contributed by atoms with Crippen molar-refractivity contribution in [1.82, 2.24) is 10.3 Å². The van der Waals surface area contributed by atoms with Crippen LogP contribution in [0.15, 0.2) is 18.3 Å². The van der Waals surface area contributed by atoms with Crippen LogP contribution in [0.2, 0.25) is 0 Å². The van der Waals surface area contributed by atoms with E-state index in [9.17, 15) is 9.00 Å². The average molecular weight is 241 g/mol. The molecule has 0 aliphatic heterocycles. The van der Waals surface area contributed by atoms with E-state index in [-0.39, 0.29) is 5.91 Å². The molecule has 1 atom stereocenters. The van der Waals surface area contributed by atoms with Crippen LogP contribution in [0.25, 0.3) is 0 Å². The van der Waals surface area contributed by atoms with Gasteiger partial charge in [0.1, 0.15) is 5.69 Å². The SMILES string of the molecule is CNc1ccnc(C(=O)NCCS(C)=O)c1. The highest BCUT2D eigenvalue weighted by Crippen LogP contribution is 2.06. The Bertz CT molecular complexity index is 395. The summed E-state index contributed by atoms with van der Waals surface area (Å²) in [5.74, 6) is 0.208. The Hall–Kier alpha value is -1.43. The second-order valence-electron chi connectivity index (χ2n) is 3.21. The molecule has 1 rings (SSSR count). The third-order valence-corrected chi connectivity index (χ3v) is 2.74. The summed E-state index contributed by atoms with van der Waals surface area (Å²) in [4.78, 5) is 15.6. The molecule has 0 saturated carbocycles. The van der Waals surface area contributed by atoms with E-state index in [2.05, 4.69) is 15.6 Å². The first kappa shape index (κ1) is 12.6. The molecule has 2 N–H and O–H groups in total. The van der Waals surface area contributed by atoms with Crippen molar-refractivity contribution in [2.24, 2.45) is 0 Å². The number of aromatic nitrogens is 1. The number of pyridine rings is 1. The molecule has 1 aromatic rings. The molecule has 5 nitrogen and oxygen atoms in total. The van der Waals surface area contributed by atoms with E-state index in [1.807, 2.05) is 0 Å². The van der Waals surface area contributed by atoms with Gasteiger partial charge in [0.05, 0.1) is 0 Å². The van der Waals surface area contributed by atoms with Crippen molar-refractivity contribution in [2.75, 3.05) is 30.9 Å². The number of hydrogen-bond acceptors (Lipinski definition) is 4. The van der Waals surface area contributed by atoms with E-state index in [0.29, 0.717) is 18.0 Å². The quantitative estimate of drug-likeness (QED) is 0.774. The molecule has 0 saturated heterocycles. The monoisotopic (exact) mass is 241 g/mol. The molecule has 0 spiro atoms. The van der Waals surface area contributed by atoms with Crippen LogP contribution in [-0.2, 0) is 10.8 Å². The second-order valence-corrected chi connectivity index (χ2v) is 4.77. The van der Waals surface area contributed by atoms with Crippen molar-refractivity contribution in [3.05, 3.63) is 24.0 Å². The highest BCUT2D eigenvalue weighted by atomic mass is 32.2. The number of carbonyl (C=O) groups excluding carboxylic acids is 1. The van der Waals surface area contributed by atoms with Crippen LogP contribution in [0, 0.1) is 0 Å². The maximum atomic E-state index is 11.6. The van der Waals surface area contributed by atoms with Crippen molar-refractivity contribution in [1.29, 1.82) is 0 Å². The number of hydrogen-bond donors (Lipinski definition) is 2. The van der Waals surface area contributed by atoms with E-state index in [4.69, 9.17) is 0 Å². The smallest absolute Gasteiger partial charge is 0.269 e. The number of anilines is 1. The molecule has 1 amide bonds. The molecule has 0 bridgehead atoms. The molecule has 6 heteroatoms. The van der Waals surface area contributed by atoms with Crippen molar-refractivity contribution in [3.8, 4) is 0 Å². The number of rotatable bonds is 5. The molecule has 0 radical (unpaired) electrons. The maximum Gasteiger partial charge on any atom is 0.269 e. The van der Waals surface area contributed by atoms with Crippen LogP contribution in [-0.4, -0.2) is 40.7 Å². The zero-order valence-electron chi connectivity index (χ0n) is 9.32. The predicted octanol–water partition coefficient (Wildman–Crippen LogP) is 0.232. The Morgan fingerprint density at radius 1 is 1.56 bits per heavy atom. The summed E-state index contributed by atoms with van der Waals surface area (Å²) in [6.45, 7) is 0.396. The fraction of sp³-hybridized carbons (Fsp3) is 0.400. The maximum absolute atomic E-state index is 11.6. The minimum atomic E-state index is -0.892. The minimum Gasteiger partial charge on any atom is -0.388 e.